The van der Waals surface area contributed by atoms with Gasteiger partial charge >= 0.3 is 12.3 Å². The van der Waals surface area contributed by atoms with Crippen LogP contribution in [0.15, 0.2) is 40.5 Å². The van der Waals surface area contributed by atoms with Crippen LogP contribution in [0.4, 0.5) is 13.2 Å². The quantitative estimate of drug-likeness (QED) is 0.658. The largest absolute Gasteiger partial charge is 0.573 e. The molecular formula is C15H13F3N2O5. The van der Waals surface area contributed by atoms with Gasteiger partial charge in [-0.2, -0.15) is 0 Å². The molecule has 0 fully saturated rings. The van der Waals surface area contributed by atoms with Crippen LogP contribution in [0.25, 0.3) is 0 Å². The van der Waals surface area contributed by atoms with Gasteiger partial charge in [-0.1, -0.05) is 18.2 Å². The minimum atomic E-state index is -5.03. The summed E-state index contributed by atoms with van der Waals surface area (Å²) in [4.78, 5) is 26.2. The fourth-order valence-corrected chi connectivity index (χ4v) is 2.86. The average Bonchev–Trinajstić information content (AvgIpc) is 2.44. The lowest BCUT2D eigenvalue weighted by Crippen LogP contribution is -2.40. The Bertz CT molecular complexity index is 786. The highest BCUT2D eigenvalue weighted by atomic mass is 19.4. The van der Waals surface area contributed by atoms with E-state index in [1.807, 2.05) is 0 Å². The Labute approximate surface area is 139 Å². The molecule has 1 aromatic rings. The number of halogens is 3. The summed E-state index contributed by atoms with van der Waals surface area (Å²) < 4.78 is 41.9. The molecule has 1 heterocycles. The second-order valence-corrected chi connectivity index (χ2v) is 5.35. The molecule has 1 aromatic carbocycles. The average molecular weight is 358 g/mol. The van der Waals surface area contributed by atoms with Crippen molar-refractivity contribution in [3.8, 4) is 5.75 Å². The topological polar surface area (TPSA) is 102 Å². The predicted molar refractivity (Wildman–Crippen MR) is 80.1 cm³/mol. The Kier molecular flexibility index (Phi) is 4.82. The van der Waals surface area contributed by atoms with Crippen molar-refractivity contribution in [3.63, 3.8) is 0 Å². The zero-order chi connectivity index (χ0) is 18.9. The summed E-state index contributed by atoms with van der Waals surface area (Å²) >= 11 is 0. The fourth-order valence-electron chi connectivity index (χ4n) is 2.86. The Morgan fingerprint density at radius 1 is 1.32 bits per heavy atom. The monoisotopic (exact) mass is 358 g/mol. The van der Waals surface area contributed by atoms with Crippen molar-refractivity contribution in [2.75, 3.05) is 0 Å². The Morgan fingerprint density at radius 3 is 2.44 bits per heavy atom. The zero-order valence-corrected chi connectivity index (χ0v) is 13.1. The van der Waals surface area contributed by atoms with E-state index in [1.165, 1.54) is 32.0 Å². The molecule has 0 saturated carbocycles. The van der Waals surface area contributed by atoms with E-state index in [9.17, 15) is 33.2 Å². The number of allylic oxidation sites excluding steroid dienone is 1. The molecule has 2 unspecified atom stereocenters. The SMILES string of the molecule is CC1=NC(C)=C(C(=O)O)C(c2ccccc2OC(F)(F)F)C1[N+](=O)[O-]. The molecule has 0 aliphatic carbocycles. The number of carbonyl (C=O) groups is 1. The number of carboxylic acids is 1. The third-order valence-electron chi connectivity index (χ3n) is 3.73. The van der Waals surface area contributed by atoms with Crippen LogP contribution in [0.3, 0.4) is 0 Å². The summed E-state index contributed by atoms with van der Waals surface area (Å²) in [6, 6.07) is 3.15. The van der Waals surface area contributed by atoms with Crippen LogP contribution in [0.2, 0.25) is 0 Å². The van der Waals surface area contributed by atoms with Gasteiger partial charge in [-0.05, 0) is 19.9 Å². The number of alkyl halides is 3. The van der Waals surface area contributed by atoms with Gasteiger partial charge in [0, 0.05) is 16.2 Å². The number of benzene rings is 1. The second-order valence-electron chi connectivity index (χ2n) is 5.35. The first kappa shape index (κ1) is 18.4. The van der Waals surface area contributed by atoms with Crippen molar-refractivity contribution in [2.45, 2.75) is 32.2 Å². The van der Waals surface area contributed by atoms with Crippen LogP contribution in [0.5, 0.6) is 5.75 Å². The Balaban J connectivity index is 2.70. The highest BCUT2D eigenvalue weighted by Crippen LogP contribution is 2.41. The van der Waals surface area contributed by atoms with E-state index in [4.69, 9.17) is 0 Å². The van der Waals surface area contributed by atoms with Crippen molar-refractivity contribution in [3.05, 3.63) is 51.2 Å². The number of hydrogen-bond donors (Lipinski definition) is 1. The van der Waals surface area contributed by atoms with Gasteiger partial charge in [0.1, 0.15) is 5.75 Å². The summed E-state index contributed by atoms with van der Waals surface area (Å²) in [5.74, 6) is -3.65. The lowest BCUT2D eigenvalue weighted by Gasteiger charge is -2.28. The molecule has 7 nitrogen and oxygen atoms in total. The molecule has 2 rings (SSSR count). The number of carboxylic acid groups (broad SMARTS) is 1. The molecule has 0 aromatic heterocycles. The maximum atomic E-state index is 12.6. The molecule has 0 saturated heterocycles. The number of nitro groups is 1. The number of rotatable bonds is 4. The van der Waals surface area contributed by atoms with Crippen LogP contribution < -0.4 is 4.74 Å². The highest BCUT2D eigenvalue weighted by molar-refractivity contribution is 5.97. The van der Waals surface area contributed by atoms with Crippen molar-refractivity contribution in [1.82, 2.24) is 0 Å². The number of aliphatic carboxylic acids is 1. The summed E-state index contributed by atoms with van der Waals surface area (Å²) in [6.07, 6.45) is -5.03. The summed E-state index contributed by atoms with van der Waals surface area (Å²) in [7, 11) is 0. The normalized spacial score (nSPS) is 20.9. The number of hydrogen-bond acceptors (Lipinski definition) is 5. The molecule has 0 spiro atoms. The molecule has 0 radical (unpaired) electrons. The molecule has 25 heavy (non-hydrogen) atoms. The van der Waals surface area contributed by atoms with Gasteiger partial charge in [-0.25, -0.2) is 4.79 Å². The lowest BCUT2D eigenvalue weighted by molar-refractivity contribution is -0.505. The van der Waals surface area contributed by atoms with Crippen LogP contribution in [-0.2, 0) is 4.79 Å². The van der Waals surface area contributed by atoms with Gasteiger partial charge in [0.15, 0.2) is 0 Å². The standard InChI is InChI=1S/C15H13F3N2O5/c1-7-11(14(21)22)12(13(20(23)24)8(2)19-7)9-5-3-4-6-10(9)25-15(16,17)18/h3-6,12-13H,1-2H3,(H,21,22). The molecule has 10 heteroatoms. The van der Waals surface area contributed by atoms with Gasteiger partial charge in [0.05, 0.1) is 17.2 Å². The molecule has 1 aliphatic rings. The first-order chi connectivity index (χ1) is 11.5. The van der Waals surface area contributed by atoms with Gasteiger partial charge in [0.25, 0.3) is 6.04 Å². The van der Waals surface area contributed by atoms with E-state index >= 15 is 0 Å². The smallest absolute Gasteiger partial charge is 0.478 e. The molecule has 2 atom stereocenters. The maximum Gasteiger partial charge on any atom is 0.573 e. The van der Waals surface area contributed by atoms with E-state index in [0.29, 0.717) is 0 Å². The van der Waals surface area contributed by atoms with Crippen molar-refractivity contribution in [2.24, 2.45) is 4.99 Å². The van der Waals surface area contributed by atoms with E-state index in [0.717, 1.165) is 6.07 Å². The molecule has 0 amide bonds. The third-order valence-corrected chi connectivity index (χ3v) is 3.73. The Hall–Kier alpha value is -2.91. The van der Waals surface area contributed by atoms with Crippen molar-refractivity contribution < 1.29 is 32.7 Å². The third kappa shape index (κ3) is 3.78. The van der Waals surface area contributed by atoms with Crippen LogP contribution >= 0.6 is 0 Å². The summed E-state index contributed by atoms with van der Waals surface area (Å²) in [5, 5.41) is 20.9. The number of para-hydroxylation sites is 1. The maximum absolute atomic E-state index is 12.6. The van der Waals surface area contributed by atoms with Gasteiger partial charge < -0.3 is 9.84 Å². The van der Waals surface area contributed by atoms with Crippen LogP contribution in [-0.4, -0.2) is 34.1 Å². The Morgan fingerprint density at radius 2 is 1.92 bits per heavy atom. The van der Waals surface area contributed by atoms with E-state index in [1.54, 1.807) is 0 Å². The lowest BCUT2D eigenvalue weighted by atomic mass is 9.80. The first-order valence-electron chi connectivity index (χ1n) is 7.00. The van der Waals surface area contributed by atoms with E-state index in [2.05, 4.69) is 9.73 Å². The molecule has 134 valence electrons. The van der Waals surface area contributed by atoms with Gasteiger partial charge in [0.2, 0.25) is 0 Å². The number of nitrogens with zero attached hydrogens (tertiary/aromatic N) is 2. The van der Waals surface area contributed by atoms with E-state index < -0.39 is 40.5 Å². The highest BCUT2D eigenvalue weighted by Gasteiger charge is 2.46. The fraction of sp³-hybridized carbons (Fsp3) is 0.333. The second kappa shape index (κ2) is 6.54. The molecule has 1 N–H and O–H groups in total. The molecule has 0 bridgehead atoms. The summed E-state index contributed by atoms with van der Waals surface area (Å²) in [6.45, 7) is 2.67. The molecule has 1 aliphatic heterocycles. The van der Waals surface area contributed by atoms with Crippen molar-refractivity contribution >= 4 is 11.7 Å². The first-order valence-corrected chi connectivity index (χ1v) is 7.00. The van der Waals surface area contributed by atoms with E-state index in [-0.39, 0.29) is 17.0 Å². The number of ether oxygens (including phenoxy) is 1. The minimum absolute atomic E-state index is 0.000637. The van der Waals surface area contributed by atoms with Crippen LogP contribution in [0, 0.1) is 10.1 Å². The zero-order valence-electron chi connectivity index (χ0n) is 13.1. The minimum Gasteiger partial charge on any atom is -0.478 e. The van der Waals surface area contributed by atoms with Crippen molar-refractivity contribution in [1.29, 1.82) is 0 Å². The van der Waals surface area contributed by atoms with Gasteiger partial charge in [-0.15, -0.1) is 13.2 Å². The molecular weight excluding hydrogens is 345 g/mol. The summed E-state index contributed by atoms with van der Waals surface area (Å²) in [5.41, 5.74) is -0.688. The predicted octanol–water partition coefficient (Wildman–Crippen LogP) is 3.15. The van der Waals surface area contributed by atoms with Crippen LogP contribution in [0.1, 0.15) is 25.3 Å². The van der Waals surface area contributed by atoms with Gasteiger partial charge in [-0.3, -0.25) is 15.1 Å². The number of aliphatic imine (C=N–C) groups is 1.